The summed E-state index contributed by atoms with van der Waals surface area (Å²) < 4.78 is 0. The molecule has 0 saturated heterocycles. The van der Waals surface area contributed by atoms with Crippen LogP contribution in [0, 0.1) is 0 Å². The van der Waals surface area contributed by atoms with Crippen molar-refractivity contribution in [2.24, 2.45) is 0 Å². The Bertz CT molecular complexity index is 6.00. The second kappa shape index (κ2) is 18.3. The summed E-state index contributed by atoms with van der Waals surface area (Å²) in [5, 5.41) is 0. The first kappa shape index (κ1) is 32.8. The summed E-state index contributed by atoms with van der Waals surface area (Å²) in [7, 11) is 0. The van der Waals surface area contributed by atoms with Crippen LogP contribution in [0.15, 0.2) is 0 Å². The molecular weight excluding hydrogens is 155 g/mol. The van der Waals surface area contributed by atoms with E-state index < -0.39 is 0 Å². The third-order valence-electron chi connectivity index (χ3n) is 0. The van der Waals surface area contributed by atoms with Crippen LogP contribution in [-0.2, 0) is 34.7 Å². The van der Waals surface area contributed by atoms with Gasteiger partial charge in [0.2, 0.25) is 0 Å². The Morgan fingerprint density at radius 1 is 0.750 bits per heavy atom. The molecule has 0 unspecified atom stereocenters. The molecule has 0 amide bonds. The van der Waals surface area contributed by atoms with Gasteiger partial charge in [-0.2, -0.15) is 0 Å². The summed E-state index contributed by atoms with van der Waals surface area (Å²) in [6.45, 7) is 0. The van der Waals surface area contributed by atoms with Crippen LogP contribution < -0.4 is 0 Å². The van der Waals surface area contributed by atoms with E-state index >= 15 is 0 Å². The van der Waals surface area contributed by atoms with Crippen molar-refractivity contribution in [1.82, 2.24) is 0 Å². The van der Waals surface area contributed by atoms with Crippen molar-refractivity contribution in [2.45, 2.75) is 0 Å². The predicted molar refractivity (Wildman–Crippen MR) is 11.5 cm³/mol. The minimum Gasteiger partial charge on any atom is 0 e. The molecule has 4 heteroatoms. The summed E-state index contributed by atoms with van der Waals surface area (Å²) in [6.07, 6.45) is 0. The summed E-state index contributed by atoms with van der Waals surface area (Å²) >= 11 is 0. The van der Waals surface area contributed by atoms with Crippen molar-refractivity contribution >= 4 is 40.4 Å². The van der Waals surface area contributed by atoms with Crippen LogP contribution in [0.1, 0.15) is 0 Å². The molecular formula is AlCr2Mg. The predicted octanol–water partition coefficient (Wildman–Crippen LogP) is -0.767. The number of hydrogen-bond acceptors (Lipinski definition) is 0. The molecule has 0 bridgehead atoms. The number of rotatable bonds is 0. The van der Waals surface area contributed by atoms with Gasteiger partial charge in [0, 0.05) is 75.1 Å². The Balaban J connectivity index is 0. The van der Waals surface area contributed by atoms with E-state index in [1.807, 2.05) is 0 Å². The first-order valence-electron chi connectivity index (χ1n) is 0. The molecule has 5 radical (unpaired) electrons. The molecule has 0 aliphatic heterocycles. The molecule has 0 fully saturated rings. The van der Waals surface area contributed by atoms with Gasteiger partial charge in [-0.15, -0.1) is 0 Å². The van der Waals surface area contributed by atoms with Gasteiger partial charge in [-0.05, 0) is 0 Å². The van der Waals surface area contributed by atoms with Crippen molar-refractivity contribution in [3.05, 3.63) is 0 Å². The van der Waals surface area contributed by atoms with Crippen LogP contribution >= 0.6 is 0 Å². The van der Waals surface area contributed by atoms with Gasteiger partial charge in [0.1, 0.15) is 0 Å². The van der Waals surface area contributed by atoms with Gasteiger partial charge in [0.05, 0.1) is 0 Å². The summed E-state index contributed by atoms with van der Waals surface area (Å²) in [6, 6.07) is 0. The van der Waals surface area contributed by atoms with Crippen molar-refractivity contribution < 1.29 is 34.7 Å². The summed E-state index contributed by atoms with van der Waals surface area (Å²) in [4.78, 5) is 0. The quantitative estimate of drug-likeness (QED) is 0.403. The fourth-order valence-electron chi connectivity index (χ4n) is 0. The maximum absolute atomic E-state index is 0. The van der Waals surface area contributed by atoms with Crippen LogP contribution in [0.4, 0.5) is 0 Å². The Morgan fingerprint density at radius 3 is 0.750 bits per heavy atom. The molecule has 0 nitrogen and oxygen atoms in total. The van der Waals surface area contributed by atoms with Crippen LogP contribution in [0.3, 0.4) is 0 Å². The zero-order valence-electron chi connectivity index (χ0n) is 2.10. The Labute approximate surface area is 74.3 Å². The van der Waals surface area contributed by atoms with Crippen molar-refractivity contribution in [3.63, 3.8) is 0 Å². The third-order valence-corrected chi connectivity index (χ3v) is 0. The van der Waals surface area contributed by atoms with Crippen LogP contribution in [0.25, 0.3) is 0 Å². The van der Waals surface area contributed by atoms with E-state index in [2.05, 4.69) is 0 Å². The van der Waals surface area contributed by atoms with E-state index in [0.717, 1.165) is 0 Å². The zero-order chi connectivity index (χ0) is 0. The topological polar surface area (TPSA) is 0 Å². The van der Waals surface area contributed by atoms with Gasteiger partial charge >= 0.3 is 0 Å². The minimum atomic E-state index is 0. The van der Waals surface area contributed by atoms with Gasteiger partial charge in [-0.1, -0.05) is 0 Å². The Kier molecular flexibility index (Phi) is 150. The monoisotopic (exact) mass is 155 g/mol. The molecule has 0 atom stereocenters. The minimum absolute atomic E-state index is 0. The molecule has 0 N–H and O–H groups in total. The van der Waals surface area contributed by atoms with E-state index in [-0.39, 0.29) is 75.1 Å². The second-order valence-corrected chi connectivity index (χ2v) is 0. The summed E-state index contributed by atoms with van der Waals surface area (Å²) in [5.74, 6) is 0. The van der Waals surface area contributed by atoms with Gasteiger partial charge in [0.25, 0.3) is 0 Å². The molecule has 0 aromatic rings. The molecule has 4 heavy (non-hydrogen) atoms. The molecule has 0 aliphatic carbocycles. The third kappa shape index (κ3) is 8.84. The van der Waals surface area contributed by atoms with Crippen molar-refractivity contribution in [1.29, 1.82) is 0 Å². The molecule has 0 spiro atoms. The average Bonchev–Trinajstić information content (AvgIpc) is 0. The number of hydrogen-bond donors (Lipinski definition) is 0. The van der Waals surface area contributed by atoms with Gasteiger partial charge in [-0.3, -0.25) is 0 Å². The van der Waals surface area contributed by atoms with Crippen molar-refractivity contribution in [3.8, 4) is 0 Å². The van der Waals surface area contributed by atoms with E-state index in [0.29, 0.717) is 0 Å². The van der Waals surface area contributed by atoms with Gasteiger partial charge in [-0.25, -0.2) is 0 Å². The molecule has 0 heterocycles. The van der Waals surface area contributed by atoms with E-state index in [4.69, 9.17) is 0 Å². The van der Waals surface area contributed by atoms with Gasteiger partial charge < -0.3 is 0 Å². The first-order valence-corrected chi connectivity index (χ1v) is 0. The molecule has 0 aliphatic rings. The standard InChI is InChI=1S/Al.2Cr.Mg. The Morgan fingerprint density at radius 2 is 0.750 bits per heavy atom. The molecule has 0 saturated carbocycles. The molecule has 0 rings (SSSR count). The van der Waals surface area contributed by atoms with E-state index in [1.54, 1.807) is 0 Å². The van der Waals surface area contributed by atoms with E-state index in [1.165, 1.54) is 0 Å². The van der Waals surface area contributed by atoms with Crippen LogP contribution in [0.5, 0.6) is 0 Å². The fraction of sp³-hybridized carbons (Fsp3) is 0. The normalized spacial score (nSPS) is 0. The fourth-order valence-corrected chi connectivity index (χ4v) is 0. The first-order chi connectivity index (χ1) is 0. The molecule has 0 aromatic heterocycles. The van der Waals surface area contributed by atoms with Crippen molar-refractivity contribution in [2.75, 3.05) is 0 Å². The Hall–Kier alpha value is 2.36. The van der Waals surface area contributed by atoms with Crippen LogP contribution in [0.2, 0.25) is 0 Å². The smallest absolute Gasteiger partial charge is 0 e. The molecule has 17 valence electrons. The largest absolute Gasteiger partial charge is 0 e. The zero-order valence-corrected chi connectivity index (χ0v) is 7.22. The SMILES string of the molecule is [Al].[Cr].[Cr].[Mg]. The average molecular weight is 155 g/mol. The van der Waals surface area contributed by atoms with Crippen LogP contribution in [-0.4, -0.2) is 40.4 Å². The maximum Gasteiger partial charge on any atom is 0 e. The van der Waals surface area contributed by atoms with E-state index in [9.17, 15) is 0 Å². The molecule has 0 aromatic carbocycles. The summed E-state index contributed by atoms with van der Waals surface area (Å²) in [5.41, 5.74) is 0. The van der Waals surface area contributed by atoms with Gasteiger partial charge in [0.15, 0.2) is 0 Å². The second-order valence-electron chi connectivity index (χ2n) is 0. The maximum atomic E-state index is 0.